The molecule has 0 saturated carbocycles. The van der Waals surface area contributed by atoms with E-state index in [1.54, 1.807) is 45.2 Å². The molecule has 1 N–H and O–H groups in total. The first-order valence-electron chi connectivity index (χ1n) is 9.18. The van der Waals surface area contributed by atoms with Crippen LogP contribution in [0.4, 0.5) is 0 Å². The number of aromatic hydroxyl groups is 1. The Balaban J connectivity index is 1.82. The molecule has 0 saturated heterocycles. The summed E-state index contributed by atoms with van der Waals surface area (Å²) in [5, 5.41) is 12.1. The molecule has 3 aromatic rings. The predicted molar refractivity (Wildman–Crippen MR) is 106 cm³/mol. The molecular formula is C22H20N2O5. The molecule has 0 unspecified atom stereocenters. The van der Waals surface area contributed by atoms with Gasteiger partial charge in [-0.25, -0.2) is 9.80 Å². The number of hydrogen-bond donors (Lipinski definition) is 1. The van der Waals surface area contributed by atoms with Crippen molar-refractivity contribution in [3.05, 3.63) is 65.4 Å². The number of rotatable bonds is 3. The van der Waals surface area contributed by atoms with Crippen LogP contribution in [0.15, 0.2) is 48.7 Å². The number of carbonyl (C=O) groups is 3. The summed E-state index contributed by atoms with van der Waals surface area (Å²) in [7, 11) is 0. The second kappa shape index (κ2) is 6.48. The fraction of sp³-hybridized carbons (Fsp3) is 0.227. The summed E-state index contributed by atoms with van der Waals surface area (Å²) in [6, 6.07) is 11.6. The van der Waals surface area contributed by atoms with E-state index in [9.17, 15) is 19.5 Å². The van der Waals surface area contributed by atoms with Crippen molar-refractivity contribution in [2.45, 2.75) is 32.9 Å². The number of nitrogens with zero attached hydrogens (tertiary/aromatic N) is 2. The lowest BCUT2D eigenvalue weighted by molar-refractivity contribution is -0.148. The minimum absolute atomic E-state index is 0.0522. The van der Waals surface area contributed by atoms with Crippen molar-refractivity contribution in [1.29, 1.82) is 0 Å². The molecule has 2 heterocycles. The largest absolute Gasteiger partial charge is 0.507 e. The Morgan fingerprint density at radius 3 is 2.48 bits per heavy atom. The maximum Gasteiger partial charge on any atom is 0.380 e. The van der Waals surface area contributed by atoms with Crippen LogP contribution < -0.4 is 5.01 Å². The number of phenolic OH excluding ortho intramolecular Hbond substituents is 1. The third-order valence-corrected chi connectivity index (χ3v) is 4.70. The number of phenols is 1. The maximum atomic E-state index is 12.9. The van der Waals surface area contributed by atoms with Gasteiger partial charge in [-0.1, -0.05) is 18.2 Å². The highest BCUT2D eigenvalue weighted by molar-refractivity contribution is 6.43. The summed E-state index contributed by atoms with van der Waals surface area (Å²) < 4.78 is 6.71. The number of esters is 1. The Hall–Kier alpha value is -3.61. The molecule has 148 valence electrons. The molecule has 29 heavy (non-hydrogen) atoms. The van der Waals surface area contributed by atoms with Crippen LogP contribution in [-0.4, -0.2) is 33.0 Å². The topological polar surface area (TPSA) is 88.8 Å². The van der Waals surface area contributed by atoms with Gasteiger partial charge in [-0.3, -0.25) is 14.3 Å². The van der Waals surface area contributed by atoms with Gasteiger partial charge in [-0.15, -0.1) is 0 Å². The van der Waals surface area contributed by atoms with Crippen molar-refractivity contribution < 1.29 is 24.2 Å². The van der Waals surface area contributed by atoms with Gasteiger partial charge in [-0.05, 0) is 50.6 Å². The van der Waals surface area contributed by atoms with Gasteiger partial charge >= 0.3 is 5.97 Å². The fourth-order valence-corrected chi connectivity index (χ4v) is 3.46. The number of Topliss-reactive ketones (excluding diaryl/α,β-unsaturated/α-hetero) is 1. The van der Waals surface area contributed by atoms with Crippen molar-refractivity contribution in [2.75, 3.05) is 5.01 Å². The van der Waals surface area contributed by atoms with Crippen molar-refractivity contribution in [2.24, 2.45) is 0 Å². The highest BCUT2D eigenvalue weighted by Gasteiger charge is 2.32. The molecular weight excluding hydrogens is 372 g/mol. The Labute approximate surface area is 167 Å². The lowest BCUT2D eigenvalue weighted by atomic mass is 10.1. The number of fused-ring (bicyclic) bond motifs is 2. The van der Waals surface area contributed by atoms with Crippen LogP contribution in [0.25, 0.3) is 10.9 Å². The standard InChI is InChI=1S/C22H20N2O5/c1-22(2,3)29-21(28)19(26)16-8-9-17(25)15-10-11-23(18(15)16)24-12-13-6-4-5-7-14(13)20(24)27/h4-11,25H,12H2,1-3H3. The van der Waals surface area contributed by atoms with Gasteiger partial charge < -0.3 is 9.84 Å². The highest BCUT2D eigenvalue weighted by Crippen LogP contribution is 2.32. The SMILES string of the molecule is CC(C)(C)OC(=O)C(=O)c1ccc(O)c2ccn(N3Cc4ccccc4C3=O)c12. The van der Waals surface area contributed by atoms with Gasteiger partial charge in [-0.2, -0.15) is 0 Å². The van der Waals surface area contributed by atoms with Crippen molar-refractivity contribution in [1.82, 2.24) is 4.68 Å². The zero-order valence-corrected chi connectivity index (χ0v) is 16.3. The van der Waals surface area contributed by atoms with Crippen LogP contribution >= 0.6 is 0 Å². The van der Waals surface area contributed by atoms with Crippen LogP contribution in [0.2, 0.25) is 0 Å². The molecule has 0 spiro atoms. The number of ketones is 1. The quantitative estimate of drug-likeness (QED) is 0.420. The summed E-state index contributed by atoms with van der Waals surface area (Å²) >= 11 is 0. The van der Waals surface area contributed by atoms with Gasteiger partial charge in [0.05, 0.1) is 17.6 Å². The van der Waals surface area contributed by atoms with Crippen LogP contribution in [0.5, 0.6) is 5.75 Å². The van der Waals surface area contributed by atoms with Crippen LogP contribution in [0.3, 0.4) is 0 Å². The van der Waals surface area contributed by atoms with E-state index >= 15 is 0 Å². The summed E-state index contributed by atoms with van der Waals surface area (Å²) in [4.78, 5) is 38.1. The number of benzene rings is 2. The molecule has 1 aromatic heterocycles. The van der Waals surface area contributed by atoms with E-state index in [4.69, 9.17) is 4.74 Å². The van der Waals surface area contributed by atoms with Crippen LogP contribution in [0.1, 0.15) is 47.1 Å². The number of ether oxygens (including phenoxy) is 1. The minimum Gasteiger partial charge on any atom is -0.507 e. The van der Waals surface area contributed by atoms with Crippen molar-refractivity contribution in [3.8, 4) is 5.75 Å². The maximum absolute atomic E-state index is 12.9. The molecule has 7 heteroatoms. The van der Waals surface area contributed by atoms with Crippen LogP contribution in [-0.2, 0) is 16.1 Å². The first-order chi connectivity index (χ1) is 13.7. The third-order valence-electron chi connectivity index (χ3n) is 4.70. The van der Waals surface area contributed by atoms with E-state index < -0.39 is 17.4 Å². The van der Waals surface area contributed by atoms with Gasteiger partial charge in [0.25, 0.3) is 11.7 Å². The van der Waals surface area contributed by atoms with Gasteiger partial charge in [0.2, 0.25) is 0 Å². The Kier molecular flexibility index (Phi) is 4.19. The second-order valence-electron chi connectivity index (χ2n) is 7.91. The fourth-order valence-electron chi connectivity index (χ4n) is 3.46. The molecule has 0 fully saturated rings. The Bertz CT molecular complexity index is 1170. The summed E-state index contributed by atoms with van der Waals surface area (Å²) in [6.07, 6.45) is 1.60. The number of hydrogen-bond acceptors (Lipinski definition) is 5. The molecule has 7 nitrogen and oxygen atoms in total. The third kappa shape index (κ3) is 3.14. The molecule has 1 aliphatic heterocycles. The first kappa shape index (κ1) is 18.7. The number of amides is 1. The molecule has 2 aromatic carbocycles. The average Bonchev–Trinajstić information content (AvgIpc) is 3.23. The number of carbonyl (C=O) groups excluding carboxylic acids is 3. The van der Waals surface area contributed by atoms with Crippen molar-refractivity contribution in [3.63, 3.8) is 0 Å². The normalized spacial score (nSPS) is 13.6. The molecule has 1 aliphatic rings. The molecule has 0 radical (unpaired) electrons. The van der Waals surface area contributed by atoms with E-state index in [0.717, 1.165) is 5.56 Å². The number of aromatic nitrogens is 1. The molecule has 0 atom stereocenters. The Morgan fingerprint density at radius 2 is 1.79 bits per heavy atom. The highest BCUT2D eigenvalue weighted by atomic mass is 16.6. The smallest absolute Gasteiger partial charge is 0.380 e. The monoisotopic (exact) mass is 392 g/mol. The summed E-state index contributed by atoms with van der Waals surface area (Å²) in [5.74, 6) is -2.11. The van der Waals surface area contributed by atoms with Crippen molar-refractivity contribution >= 4 is 28.6 Å². The zero-order valence-electron chi connectivity index (χ0n) is 16.3. The molecule has 4 rings (SSSR count). The average molecular weight is 392 g/mol. The van der Waals surface area contributed by atoms with Gasteiger partial charge in [0.1, 0.15) is 11.4 Å². The Morgan fingerprint density at radius 1 is 1.07 bits per heavy atom. The van der Waals surface area contributed by atoms with Gasteiger partial charge in [0, 0.05) is 17.1 Å². The van der Waals surface area contributed by atoms with Gasteiger partial charge in [0.15, 0.2) is 0 Å². The van der Waals surface area contributed by atoms with E-state index in [2.05, 4.69) is 0 Å². The zero-order chi connectivity index (χ0) is 20.9. The molecule has 1 amide bonds. The first-order valence-corrected chi connectivity index (χ1v) is 9.18. The lowest BCUT2D eigenvalue weighted by Crippen LogP contribution is -2.35. The van der Waals surface area contributed by atoms with E-state index in [1.165, 1.54) is 21.8 Å². The summed E-state index contributed by atoms with van der Waals surface area (Å²) in [6.45, 7) is 5.34. The molecule has 0 aliphatic carbocycles. The minimum atomic E-state index is -0.992. The summed E-state index contributed by atoms with van der Waals surface area (Å²) in [5.41, 5.74) is 0.953. The predicted octanol–water partition coefficient (Wildman–Crippen LogP) is 3.16. The lowest BCUT2D eigenvalue weighted by Gasteiger charge is -2.21. The van der Waals surface area contributed by atoms with E-state index in [-0.39, 0.29) is 22.7 Å². The van der Waals surface area contributed by atoms with Crippen LogP contribution in [0, 0.1) is 0 Å². The van der Waals surface area contributed by atoms with E-state index in [0.29, 0.717) is 17.5 Å². The molecule has 0 bridgehead atoms. The second-order valence-corrected chi connectivity index (χ2v) is 7.91. The van der Waals surface area contributed by atoms with E-state index in [1.807, 2.05) is 12.1 Å².